The zero-order chi connectivity index (χ0) is 7.68. The first-order chi connectivity index (χ1) is 5.38. The van der Waals surface area contributed by atoms with Crippen LogP contribution >= 0.6 is 0 Å². The zero-order valence-corrected chi connectivity index (χ0v) is 9.98. The summed E-state index contributed by atoms with van der Waals surface area (Å²) in [5.41, 5.74) is 0.662. The number of aromatic nitrogens is 1. The Morgan fingerprint density at radius 2 is 1.83 bits per heavy atom. The second-order valence-electron chi connectivity index (χ2n) is 2.35. The second-order valence-corrected chi connectivity index (χ2v) is 2.35. The molecule has 0 spiro atoms. The van der Waals surface area contributed by atoms with E-state index in [-0.39, 0.29) is 57.1 Å². The molecule has 2 nitrogen and oxygen atoms in total. The summed E-state index contributed by atoms with van der Waals surface area (Å²) in [6.07, 6.45) is 1.67. The van der Waals surface area contributed by atoms with Crippen LogP contribution in [0.2, 0.25) is 0 Å². The van der Waals surface area contributed by atoms with E-state index in [0.29, 0.717) is 5.52 Å². The molecule has 12 heavy (non-hydrogen) atoms. The Kier molecular flexibility index (Phi) is 3.67. The molecule has 0 saturated carbocycles. The van der Waals surface area contributed by atoms with Crippen LogP contribution in [0.5, 0.6) is 5.75 Å². The van der Waals surface area contributed by atoms with E-state index in [1.807, 2.05) is 18.2 Å². The molecule has 1 N–H and O–H groups in total. The third-order valence-corrected chi connectivity index (χ3v) is 1.61. The first kappa shape index (κ1) is 10.1. The van der Waals surface area contributed by atoms with E-state index in [0.717, 1.165) is 5.39 Å². The van der Waals surface area contributed by atoms with Gasteiger partial charge in [-0.2, -0.15) is 0 Å². The molecule has 0 aliphatic heterocycles. The Hall–Kier alpha value is 0.0664. The van der Waals surface area contributed by atoms with E-state index in [9.17, 15) is 5.11 Å². The third kappa shape index (κ3) is 1.86. The number of fused-ring (bicyclic) bond motifs is 1. The Morgan fingerprint density at radius 1 is 1.08 bits per heavy atom. The van der Waals surface area contributed by atoms with Crippen LogP contribution < -0.4 is 0 Å². The molecule has 0 aliphatic carbocycles. The molecular formula is C9H7KNO. The van der Waals surface area contributed by atoms with Gasteiger partial charge in [0.2, 0.25) is 0 Å². The van der Waals surface area contributed by atoms with Gasteiger partial charge in [-0.15, -0.1) is 0 Å². The van der Waals surface area contributed by atoms with Gasteiger partial charge in [0.15, 0.2) is 0 Å². The maximum Gasteiger partial charge on any atom is 0.141 e. The fraction of sp³-hybridized carbons (Fsp3) is 0. The van der Waals surface area contributed by atoms with Gasteiger partial charge in [-0.25, -0.2) is 0 Å². The van der Waals surface area contributed by atoms with Gasteiger partial charge in [-0.3, -0.25) is 4.98 Å². The Morgan fingerprint density at radius 3 is 2.58 bits per heavy atom. The third-order valence-electron chi connectivity index (χ3n) is 1.61. The Balaban J connectivity index is 0.000000720. The Labute approximate surface area is 113 Å². The molecule has 1 aromatic heterocycles. The fourth-order valence-electron chi connectivity index (χ4n) is 1.09. The van der Waals surface area contributed by atoms with E-state index in [4.69, 9.17) is 0 Å². The fourth-order valence-corrected chi connectivity index (χ4v) is 1.09. The second kappa shape index (κ2) is 4.34. The summed E-state index contributed by atoms with van der Waals surface area (Å²) < 4.78 is 0. The van der Waals surface area contributed by atoms with E-state index in [1.165, 1.54) is 0 Å². The van der Waals surface area contributed by atoms with Crippen LogP contribution in [0.3, 0.4) is 0 Å². The number of hydrogen-bond donors (Lipinski definition) is 1. The van der Waals surface area contributed by atoms with Crippen molar-refractivity contribution in [3.63, 3.8) is 0 Å². The molecule has 0 amide bonds. The smallest absolute Gasteiger partial charge is 0.141 e. The molecule has 1 aromatic carbocycles. The van der Waals surface area contributed by atoms with Gasteiger partial charge < -0.3 is 5.11 Å². The summed E-state index contributed by atoms with van der Waals surface area (Å²) in [5.74, 6) is 0.239. The van der Waals surface area contributed by atoms with Crippen molar-refractivity contribution in [2.45, 2.75) is 0 Å². The summed E-state index contributed by atoms with van der Waals surface area (Å²) in [4.78, 5) is 4.03. The number of phenols is 1. The normalized spacial score (nSPS) is 9.33. The number of phenolic OH excluding ortho intramolecular Hbond substituents is 1. The molecule has 55 valence electrons. The predicted molar refractivity (Wildman–Crippen MR) is 49.2 cm³/mol. The molecular weight excluding hydrogens is 177 g/mol. The first-order valence-corrected chi connectivity index (χ1v) is 3.40. The molecule has 0 bridgehead atoms. The Bertz CT molecular complexity index is 384. The van der Waals surface area contributed by atoms with Crippen molar-refractivity contribution >= 4 is 62.3 Å². The average Bonchev–Trinajstić information content (AvgIpc) is 2.06. The summed E-state index contributed by atoms with van der Waals surface area (Å²) in [5, 5.41) is 10.3. The first-order valence-electron chi connectivity index (χ1n) is 3.40. The van der Waals surface area contributed by atoms with Crippen molar-refractivity contribution in [2.75, 3.05) is 0 Å². The van der Waals surface area contributed by atoms with E-state index < -0.39 is 0 Å². The van der Waals surface area contributed by atoms with Crippen molar-refractivity contribution in [3.8, 4) is 5.75 Å². The van der Waals surface area contributed by atoms with Gasteiger partial charge in [0.1, 0.15) is 11.3 Å². The van der Waals surface area contributed by atoms with E-state index in [2.05, 4.69) is 4.98 Å². The van der Waals surface area contributed by atoms with Crippen molar-refractivity contribution in [1.29, 1.82) is 0 Å². The maximum absolute atomic E-state index is 9.31. The van der Waals surface area contributed by atoms with Gasteiger partial charge >= 0.3 is 0 Å². The number of rotatable bonds is 0. The van der Waals surface area contributed by atoms with Crippen LogP contribution in [-0.2, 0) is 0 Å². The van der Waals surface area contributed by atoms with Crippen LogP contribution in [0.15, 0.2) is 36.5 Å². The molecule has 1 radical (unpaired) electrons. The van der Waals surface area contributed by atoms with Crippen molar-refractivity contribution < 1.29 is 5.11 Å². The summed E-state index contributed by atoms with van der Waals surface area (Å²) in [6, 6.07) is 9.13. The standard InChI is InChI=1S/C9H7NO.K/c11-8-5-1-3-7-4-2-6-10-9(7)8;/h1-6,11H;. The number of para-hydroxylation sites is 1. The number of benzene rings is 1. The van der Waals surface area contributed by atoms with Gasteiger partial charge in [0.25, 0.3) is 0 Å². The summed E-state index contributed by atoms with van der Waals surface area (Å²) in [6.45, 7) is 0. The molecule has 1 heterocycles. The SMILES string of the molecule is Oc1cccc2cccnc12.[K]. The number of pyridine rings is 1. The van der Waals surface area contributed by atoms with E-state index >= 15 is 0 Å². The maximum atomic E-state index is 9.31. The largest absolute Gasteiger partial charge is 0.506 e. The minimum atomic E-state index is 0. The average molecular weight is 184 g/mol. The number of aromatic hydroxyl groups is 1. The topological polar surface area (TPSA) is 33.1 Å². The zero-order valence-electron chi connectivity index (χ0n) is 6.86. The monoisotopic (exact) mass is 184 g/mol. The van der Waals surface area contributed by atoms with Crippen molar-refractivity contribution in [3.05, 3.63) is 36.5 Å². The van der Waals surface area contributed by atoms with Crippen LogP contribution in [0.4, 0.5) is 0 Å². The molecule has 3 heteroatoms. The minimum Gasteiger partial charge on any atom is -0.506 e. The quantitative estimate of drug-likeness (QED) is 0.630. The molecule has 0 saturated heterocycles. The molecule has 0 unspecified atom stereocenters. The molecule has 2 aromatic rings. The molecule has 0 aliphatic rings. The van der Waals surface area contributed by atoms with Crippen molar-refractivity contribution in [1.82, 2.24) is 4.98 Å². The van der Waals surface area contributed by atoms with Crippen LogP contribution in [0.1, 0.15) is 0 Å². The van der Waals surface area contributed by atoms with Crippen molar-refractivity contribution in [2.24, 2.45) is 0 Å². The van der Waals surface area contributed by atoms with Crippen LogP contribution in [-0.4, -0.2) is 61.5 Å². The summed E-state index contributed by atoms with van der Waals surface area (Å²) in [7, 11) is 0. The van der Waals surface area contributed by atoms with Crippen LogP contribution in [0, 0.1) is 0 Å². The van der Waals surface area contributed by atoms with E-state index in [1.54, 1.807) is 18.3 Å². The molecule has 0 fully saturated rings. The molecule has 0 atom stereocenters. The summed E-state index contributed by atoms with van der Waals surface area (Å²) >= 11 is 0. The van der Waals surface area contributed by atoms with Gasteiger partial charge in [-0.05, 0) is 12.1 Å². The number of nitrogens with zero attached hydrogens (tertiary/aromatic N) is 1. The van der Waals surface area contributed by atoms with Gasteiger partial charge in [0.05, 0.1) is 0 Å². The van der Waals surface area contributed by atoms with Gasteiger partial charge in [0, 0.05) is 63.0 Å². The number of hydrogen-bond acceptors (Lipinski definition) is 2. The van der Waals surface area contributed by atoms with Crippen LogP contribution in [0.25, 0.3) is 10.9 Å². The minimum absolute atomic E-state index is 0. The van der Waals surface area contributed by atoms with Gasteiger partial charge in [-0.1, -0.05) is 18.2 Å². The molecule has 2 rings (SSSR count). The predicted octanol–water partition coefficient (Wildman–Crippen LogP) is 1.56.